The second-order valence-electron chi connectivity index (χ2n) is 6.14. The van der Waals surface area contributed by atoms with E-state index in [1.807, 2.05) is 6.07 Å². The number of benzene rings is 1. The predicted octanol–water partition coefficient (Wildman–Crippen LogP) is 4.55. The Balaban J connectivity index is 2.29. The highest BCUT2D eigenvalue weighted by molar-refractivity contribution is 9.11. The van der Waals surface area contributed by atoms with Gasteiger partial charge in [-0.3, -0.25) is 9.69 Å². The number of halogens is 2. The minimum atomic E-state index is -1.10. The van der Waals surface area contributed by atoms with Crippen LogP contribution in [0, 0.1) is 4.91 Å². The molecule has 1 aromatic rings. The molecule has 6 nitrogen and oxygen atoms in total. The Morgan fingerprint density at radius 2 is 1.96 bits per heavy atom. The molecular formula is C16H21Br2N3O3. The van der Waals surface area contributed by atoms with E-state index in [1.54, 1.807) is 6.07 Å². The molecule has 0 bridgehead atoms. The van der Waals surface area contributed by atoms with E-state index >= 15 is 0 Å². The Morgan fingerprint density at radius 3 is 2.54 bits per heavy atom. The van der Waals surface area contributed by atoms with Crippen molar-refractivity contribution in [2.45, 2.75) is 44.7 Å². The zero-order valence-electron chi connectivity index (χ0n) is 13.5. The van der Waals surface area contributed by atoms with Crippen molar-refractivity contribution in [1.82, 2.24) is 4.90 Å². The first kappa shape index (κ1) is 19.3. The summed E-state index contributed by atoms with van der Waals surface area (Å²) in [4.78, 5) is 24.5. The first-order valence-corrected chi connectivity index (χ1v) is 9.51. The van der Waals surface area contributed by atoms with Gasteiger partial charge in [0.25, 0.3) is 0 Å². The van der Waals surface area contributed by atoms with Gasteiger partial charge in [0.1, 0.15) is 6.54 Å². The van der Waals surface area contributed by atoms with Crippen molar-refractivity contribution < 1.29 is 9.90 Å². The van der Waals surface area contributed by atoms with E-state index in [0.29, 0.717) is 22.7 Å². The molecule has 1 saturated carbocycles. The van der Waals surface area contributed by atoms with Crippen LogP contribution in [0.25, 0.3) is 0 Å². The molecule has 24 heavy (non-hydrogen) atoms. The highest BCUT2D eigenvalue weighted by atomic mass is 79.9. The van der Waals surface area contributed by atoms with Crippen molar-refractivity contribution in [2.75, 3.05) is 18.6 Å². The van der Waals surface area contributed by atoms with E-state index in [1.165, 1.54) is 32.1 Å². The summed E-state index contributed by atoms with van der Waals surface area (Å²) in [6.07, 6.45) is 6.12. The van der Waals surface area contributed by atoms with E-state index in [4.69, 9.17) is 5.11 Å². The van der Waals surface area contributed by atoms with Gasteiger partial charge in [-0.25, -0.2) is 5.01 Å². The minimum absolute atomic E-state index is 0.468. The number of anilines is 1. The van der Waals surface area contributed by atoms with Crippen LogP contribution >= 0.6 is 31.9 Å². The molecule has 0 aliphatic heterocycles. The molecule has 0 atom stereocenters. The average Bonchev–Trinajstić information content (AvgIpc) is 2.53. The van der Waals surface area contributed by atoms with Gasteiger partial charge in [-0.05, 0) is 53.5 Å². The van der Waals surface area contributed by atoms with Crippen molar-refractivity contribution in [2.24, 2.45) is 5.29 Å². The summed E-state index contributed by atoms with van der Waals surface area (Å²) in [5, 5.41) is 12.9. The molecule has 0 amide bonds. The van der Waals surface area contributed by atoms with Crippen molar-refractivity contribution in [3.63, 3.8) is 0 Å². The topological polar surface area (TPSA) is 73.2 Å². The molecule has 8 heteroatoms. The second kappa shape index (κ2) is 8.92. The van der Waals surface area contributed by atoms with Crippen LogP contribution in [0.4, 0.5) is 5.69 Å². The maximum absolute atomic E-state index is 11.2. The Hall–Kier alpha value is -0.990. The number of aliphatic carboxylic acids is 1. The zero-order chi connectivity index (χ0) is 17.7. The second-order valence-corrected chi connectivity index (χ2v) is 7.91. The third-order valence-electron chi connectivity index (χ3n) is 4.37. The molecule has 1 aromatic carbocycles. The Kier molecular flexibility index (Phi) is 7.18. The molecule has 1 N–H and O–H groups in total. The van der Waals surface area contributed by atoms with Gasteiger partial charge in [0.2, 0.25) is 0 Å². The number of hydrogen-bond donors (Lipinski definition) is 1. The molecule has 0 heterocycles. The van der Waals surface area contributed by atoms with Crippen LogP contribution in [0.1, 0.15) is 37.7 Å². The summed E-state index contributed by atoms with van der Waals surface area (Å²) in [7, 11) is 2.07. The van der Waals surface area contributed by atoms with Crippen LogP contribution in [0.15, 0.2) is 26.4 Å². The summed E-state index contributed by atoms with van der Waals surface area (Å²) in [5.41, 5.74) is 1.38. The molecule has 0 aromatic heterocycles. The van der Waals surface area contributed by atoms with Crippen LogP contribution < -0.4 is 5.01 Å². The highest BCUT2D eigenvalue weighted by Crippen LogP contribution is 2.35. The van der Waals surface area contributed by atoms with Gasteiger partial charge in [0.05, 0.1) is 11.0 Å². The highest BCUT2D eigenvalue weighted by Gasteiger charge is 2.23. The molecule has 0 radical (unpaired) electrons. The summed E-state index contributed by atoms with van der Waals surface area (Å²) in [6, 6.07) is 4.22. The maximum atomic E-state index is 11.2. The first-order valence-electron chi connectivity index (χ1n) is 7.93. The van der Waals surface area contributed by atoms with Crippen molar-refractivity contribution in [3.05, 3.63) is 31.5 Å². The number of carbonyl (C=O) groups is 1. The van der Waals surface area contributed by atoms with Gasteiger partial charge in [-0.2, -0.15) is 0 Å². The minimum Gasteiger partial charge on any atom is -0.480 e. The molecule has 1 fully saturated rings. The lowest BCUT2D eigenvalue weighted by molar-refractivity contribution is -0.135. The maximum Gasteiger partial charge on any atom is 0.325 e. The number of nitrogens with zero attached hydrogens (tertiary/aromatic N) is 3. The quantitative estimate of drug-likeness (QED) is 0.475. The Labute approximate surface area is 158 Å². The predicted molar refractivity (Wildman–Crippen MR) is 101 cm³/mol. The van der Waals surface area contributed by atoms with E-state index < -0.39 is 12.5 Å². The average molecular weight is 463 g/mol. The largest absolute Gasteiger partial charge is 0.480 e. The summed E-state index contributed by atoms with van der Waals surface area (Å²) >= 11 is 6.90. The lowest BCUT2D eigenvalue weighted by Gasteiger charge is -2.32. The molecule has 1 aliphatic rings. The fraction of sp³-hybridized carbons (Fsp3) is 0.562. The molecule has 1 aliphatic carbocycles. The Morgan fingerprint density at radius 1 is 1.29 bits per heavy atom. The molecule has 0 saturated heterocycles. The third kappa shape index (κ3) is 5.00. The van der Waals surface area contributed by atoms with Crippen LogP contribution in [-0.4, -0.2) is 35.6 Å². The van der Waals surface area contributed by atoms with Crippen LogP contribution in [0.5, 0.6) is 0 Å². The fourth-order valence-corrected chi connectivity index (χ4v) is 4.74. The standard InChI is InChI=1S/C16H21Br2N3O3/c1-20(13-5-3-2-4-6-13)9-11-7-12(17)8-14(18)16(11)21(19-24)10-15(22)23/h7-8,13H,2-6,9-10H2,1H3,(H,22,23). The van der Waals surface area contributed by atoms with Crippen molar-refractivity contribution in [1.29, 1.82) is 0 Å². The lowest BCUT2D eigenvalue weighted by atomic mass is 9.94. The monoisotopic (exact) mass is 461 g/mol. The normalized spacial score (nSPS) is 15.5. The van der Waals surface area contributed by atoms with Crippen LogP contribution in [-0.2, 0) is 11.3 Å². The summed E-state index contributed by atoms with van der Waals surface area (Å²) < 4.78 is 1.51. The fourth-order valence-electron chi connectivity index (χ4n) is 3.23. The van der Waals surface area contributed by atoms with Crippen molar-refractivity contribution in [3.8, 4) is 0 Å². The molecular weight excluding hydrogens is 442 g/mol. The Bertz CT molecular complexity index is 606. The van der Waals surface area contributed by atoms with E-state index in [0.717, 1.165) is 15.0 Å². The zero-order valence-corrected chi connectivity index (χ0v) is 16.7. The van der Waals surface area contributed by atoms with Crippen LogP contribution in [0.2, 0.25) is 0 Å². The molecule has 0 spiro atoms. The van der Waals surface area contributed by atoms with Gasteiger partial charge in [-0.15, -0.1) is 4.91 Å². The molecule has 132 valence electrons. The number of rotatable bonds is 7. The SMILES string of the molecule is CN(Cc1cc(Br)cc(Br)c1N(CC(=O)O)N=O)C1CCCCC1. The van der Waals surface area contributed by atoms with Gasteiger partial charge in [0, 0.05) is 21.5 Å². The number of carboxylic acid groups (broad SMARTS) is 1. The van der Waals surface area contributed by atoms with E-state index in [-0.39, 0.29) is 0 Å². The van der Waals surface area contributed by atoms with Gasteiger partial charge in [0.15, 0.2) is 0 Å². The number of nitroso groups, excluding NO2 is 1. The summed E-state index contributed by atoms with van der Waals surface area (Å²) in [6.45, 7) is 0.160. The van der Waals surface area contributed by atoms with E-state index in [9.17, 15) is 9.70 Å². The smallest absolute Gasteiger partial charge is 0.325 e. The molecule has 2 rings (SSSR count). The van der Waals surface area contributed by atoms with E-state index in [2.05, 4.69) is 49.1 Å². The van der Waals surface area contributed by atoms with Crippen LogP contribution in [0.3, 0.4) is 0 Å². The van der Waals surface area contributed by atoms with Crippen molar-refractivity contribution >= 4 is 43.5 Å². The molecule has 0 unspecified atom stereocenters. The van der Waals surface area contributed by atoms with Gasteiger partial charge >= 0.3 is 5.97 Å². The number of hydrogen-bond acceptors (Lipinski definition) is 4. The van der Waals surface area contributed by atoms with Gasteiger partial charge in [-0.1, -0.05) is 35.2 Å². The number of carboxylic acids is 1. The summed E-state index contributed by atoms with van der Waals surface area (Å²) in [5.74, 6) is -1.10. The third-order valence-corrected chi connectivity index (χ3v) is 5.43. The van der Waals surface area contributed by atoms with Gasteiger partial charge < -0.3 is 5.11 Å². The first-order chi connectivity index (χ1) is 11.4. The lowest BCUT2D eigenvalue weighted by Crippen LogP contribution is -2.34.